The van der Waals surface area contributed by atoms with Crippen LogP contribution in [-0.2, 0) is 6.42 Å². The van der Waals surface area contributed by atoms with Gasteiger partial charge in [0.1, 0.15) is 10.4 Å². The van der Waals surface area contributed by atoms with Gasteiger partial charge in [0, 0.05) is 17.7 Å². The fourth-order valence-corrected chi connectivity index (χ4v) is 2.07. The molecule has 0 radical (unpaired) electrons. The highest BCUT2D eigenvalue weighted by Crippen LogP contribution is 2.34. The number of halogens is 1. The van der Waals surface area contributed by atoms with Crippen LogP contribution in [0.1, 0.15) is 36.6 Å². The van der Waals surface area contributed by atoms with Crippen LogP contribution in [0.2, 0.25) is 0 Å². The maximum Gasteiger partial charge on any atom is 0.132 e. The number of aromatic nitrogens is 2. The molecule has 0 bridgehead atoms. The smallest absolute Gasteiger partial charge is 0.132 e. The van der Waals surface area contributed by atoms with Gasteiger partial charge in [0.25, 0.3) is 0 Å². The summed E-state index contributed by atoms with van der Waals surface area (Å²) < 4.78 is 0.917. The zero-order valence-electron chi connectivity index (χ0n) is 8.04. The van der Waals surface area contributed by atoms with Gasteiger partial charge in [-0.3, -0.25) is 0 Å². The van der Waals surface area contributed by atoms with E-state index in [0.717, 1.165) is 22.4 Å². The first-order chi connectivity index (χ1) is 6.81. The van der Waals surface area contributed by atoms with Crippen molar-refractivity contribution in [3.8, 4) is 0 Å². The molecule has 0 saturated heterocycles. The minimum atomic E-state index is 0.596. The van der Waals surface area contributed by atoms with E-state index >= 15 is 0 Å². The van der Waals surface area contributed by atoms with E-state index in [1.54, 1.807) is 0 Å². The van der Waals surface area contributed by atoms with E-state index in [4.69, 9.17) is 5.73 Å². The van der Waals surface area contributed by atoms with Gasteiger partial charge in [-0.25, -0.2) is 9.97 Å². The molecule has 2 N–H and O–H groups in total. The molecule has 1 aromatic heterocycles. The highest BCUT2D eigenvalue weighted by atomic mass is 79.9. The quantitative estimate of drug-likeness (QED) is 0.841. The third kappa shape index (κ3) is 1.96. The SMILES string of the molecule is NCCc1cnc(C2CCC2)nc1Br. The normalized spacial score (nSPS) is 16.7. The molecule has 0 atom stereocenters. The number of hydrogen-bond acceptors (Lipinski definition) is 3. The molecule has 1 heterocycles. The van der Waals surface area contributed by atoms with Crippen molar-refractivity contribution in [3.05, 3.63) is 22.2 Å². The molecule has 1 saturated carbocycles. The summed E-state index contributed by atoms with van der Waals surface area (Å²) in [5, 5.41) is 0. The van der Waals surface area contributed by atoms with Crippen molar-refractivity contribution in [1.29, 1.82) is 0 Å². The highest BCUT2D eigenvalue weighted by Gasteiger charge is 2.22. The van der Waals surface area contributed by atoms with Gasteiger partial charge in [-0.1, -0.05) is 6.42 Å². The second kappa shape index (κ2) is 4.36. The summed E-state index contributed by atoms with van der Waals surface area (Å²) in [7, 11) is 0. The molecule has 2 rings (SSSR count). The molecular formula is C10H14BrN3. The third-order valence-corrected chi connectivity index (χ3v) is 3.40. The van der Waals surface area contributed by atoms with Gasteiger partial charge in [-0.2, -0.15) is 0 Å². The van der Waals surface area contributed by atoms with Crippen molar-refractivity contribution in [2.45, 2.75) is 31.6 Å². The van der Waals surface area contributed by atoms with Crippen LogP contribution in [0.5, 0.6) is 0 Å². The molecule has 0 aromatic carbocycles. The largest absolute Gasteiger partial charge is 0.330 e. The van der Waals surface area contributed by atoms with Gasteiger partial charge in [0.2, 0.25) is 0 Å². The Morgan fingerprint density at radius 1 is 1.50 bits per heavy atom. The van der Waals surface area contributed by atoms with E-state index in [9.17, 15) is 0 Å². The third-order valence-electron chi connectivity index (χ3n) is 2.71. The molecule has 4 heteroatoms. The van der Waals surface area contributed by atoms with E-state index < -0.39 is 0 Å². The van der Waals surface area contributed by atoms with Gasteiger partial charge in [0.05, 0.1) is 0 Å². The highest BCUT2D eigenvalue weighted by molar-refractivity contribution is 9.10. The summed E-state index contributed by atoms with van der Waals surface area (Å²) in [6.07, 6.45) is 6.53. The van der Waals surface area contributed by atoms with E-state index in [1.807, 2.05) is 6.20 Å². The minimum Gasteiger partial charge on any atom is -0.330 e. The van der Waals surface area contributed by atoms with Crippen LogP contribution in [0.3, 0.4) is 0 Å². The van der Waals surface area contributed by atoms with Crippen LogP contribution < -0.4 is 5.73 Å². The van der Waals surface area contributed by atoms with Crippen molar-refractivity contribution in [3.63, 3.8) is 0 Å². The van der Waals surface area contributed by atoms with Gasteiger partial charge >= 0.3 is 0 Å². The van der Waals surface area contributed by atoms with Crippen molar-refractivity contribution < 1.29 is 0 Å². The topological polar surface area (TPSA) is 51.8 Å². The predicted octanol–water partition coefficient (Wildman–Crippen LogP) is 2.01. The van der Waals surface area contributed by atoms with Crippen molar-refractivity contribution >= 4 is 15.9 Å². The molecule has 76 valence electrons. The first kappa shape index (κ1) is 10.1. The molecule has 1 aromatic rings. The number of nitrogens with zero attached hydrogens (tertiary/aromatic N) is 2. The van der Waals surface area contributed by atoms with Gasteiger partial charge in [-0.15, -0.1) is 0 Å². The van der Waals surface area contributed by atoms with Crippen molar-refractivity contribution in [2.24, 2.45) is 5.73 Å². The van der Waals surface area contributed by atoms with Crippen LogP contribution >= 0.6 is 15.9 Å². The molecule has 3 nitrogen and oxygen atoms in total. The van der Waals surface area contributed by atoms with Crippen molar-refractivity contribution in [1.82, 2.24) is 9.97 Å². The number of hydrogen-bond donors (Lipinski definition) is 1. The van der Waals surface area contributed by atoms with Gasteiger partial charge < -0.3 is 5.73 Å². The van der Waals surface area contributed by atoms with E-state index in [2.05, 4.69) is 25.9 Å². The first-order valence-corrected chi connectivity index (χ1v) is 5.82. The van der Waals surface area contributed by atoms with E-state index in [-0.39, 0.29) is 0 Å². The molecule has 1 aliphatic carbocycles. The molecule has 0 unspecified atom stereocenters. The molecule has 14 heavy (non-hydrogen) atoms. The second-order valence-corrected chi connectivity index (χ2v) is 4.46. The lowest BCUT2D eigenvalue weighted by Crippen LogP contribution is -2.14. The van der Waals surface area contributed by atoms with Crippen molar-refractivity contribution in [2.75, 3.05) is 6.54 Å². The molecule has 0 amide bonds. The Bertz CT molecular complexity index is 323. The molecular weight excluding hydrogens is 242 g/mol. The maximum absolute atomic E-state index is 5.49. The lowest BCUT2D eigenvalue weighted by atomic mass is 9.85. The zero-order chi connectivity index (χ0) is 9.97. The molecule has 0 spiro atoms. The Labute approximate surface area is 92.3 Å². The fraction of sp³-hybridized carbons (Fsp3) is 0.600. The Kier molecular flexibility index (Phi) is 3.13. The Balaban J connectivity index is 2.16. The van der Waals surface area contributed by atoms with Gasteiger partial charge in [-0.05, 0) is 41.7 Å². The summed E-state index contributed by atoms with van der Waals surface area (Å²) in [6.45, 7) is 0.644. The maximum atomic E-state index is 5.49. The summed E-state index contributed by atoms with van der Waals surface area (Å²) in [5.74, 6) is 1.59. The summed E-state index contributed by atoms with van der Waals surface area (Å²) in [5.41, 5.74) is 6.60. The average molecular weight is 256 g/mol. The Morgan fingerprint density at radius 2 is 2.29 bits per heavy atom. The average Bonchev–Trinajstić information content (AvgIpc) is 2.07. The molecule has 1 aliphatic rings. The summed E-state index contributed by atoms with van der Waals surface area (Å²) >= 11 is 3.46. The Morgan fingerprint density at radius 3 is 2.79 bits per heavy atom. The summed E-state index contributed by atoms with van der Waals surface area (Å²) in [6, 6.07) is 0. The standard InChI is InChI=1S/C10H14BrN3/c11-9-8(4-5-12)6-13-10(14-9)7-2-1-3-7/h6-7H,1-5,12H2. The van der Waals surface area contributed by atoms with Crippen LogP contribution in [-0.4, -0.2) is 16.5 Å². The van der Waals surface area contributed by atoms with Crippen LogP contribution in [0, 0.1) is 0 Å². The molecule has 1 fully saturated rings. The van der Waals surface area contributed by atoms with Crippen LogP contribution in [0.15, 0.2) is 10.8 Å². The lowest BCUT2D eigenvalue weighted by molar-refractivity contribution is 0.400. The Hall–Kier alpha value is -0.480. The predicted molar refractivity (Wildman–Crippen MR) is 59.1 cm³/mol. The lowest BCUT2D eigenvalue weighted by Gasteiger charge is -2.23. The van der Waals surface area contributed by atoms with Crippen LogP contribution in [0.4, 0.5) is 0 Å². The summed E-state index contributed by atoms with van der Waals surface area (Å²) in [4.78, 5) is 8.85. The number of nitrogens with two attached hydrogens (primary N) is 1. The number of rotatable bonds is 3. The van der Waals surface area contributed by atoms with E-state index in [0.29, 0.717) is 12.5 Å². The monoisotopic (exact) mass is 255 g/mol. The minimum absolute atomic E-state index is 0.596. The van der Waals surface area contributed by atoms with Crippen LogP contribution in [0.25, 0.3) is 0 Å². The molecule has 0 aliphatic heterocycles. The fourth-order valence-electron chi connectivity index (χ4n) is 1.58. The van der Waals surface area contributed by atoms with Gasteiger partial charge in [0.15, 0.2) is 0 Å². The van der Waals surface area contributed by atoms with E-state index in [1.165, 1.54) is 19.3 Å². The first-order valence-electron chi connectivity index (χ1n) is 5.02. The second-order valence-electron chi connectivity index (χ2n) is 3.71. The zero-order valence-corrected chi connectivity index (χ0v) is 9.63.